The first kappa shape index (κ1) is 23.9. The summed E-state index contributed by atoms with van der Waals surface area (Å²) in [5.74, 6) is 0.230. The summed E-state index contributed by atoms with van der Waals surface area (Å²) in [4.78, 5) is 27.4. The van der Waals surface area contributed by atoms with Gasteiger partial charge in [0.1, 0.15) is 11.8 Å². The molecule has 0 aliphatic rings. The number of carbonyl (C=O) groups excluding carboxylic acids is 2. The van der Waals surface area contributed by atoms with Crippen molar-refractivity contribution in [2.75, 3.05) is 6.61 Å². The first-order valence-corrected chi connectivity index (χ1v) is 11.1. The number of aryl methyl sites for hydroxylation is 2. The summed E-state index contributed by atoms with van der Waals surface area (Å²) < 4.78 is 6.72. The van der Waals surface area contributed by atoms with E-state index in [2.05, 4.69) is 21.2 Å². The summed E-state index contributed by atoms with van der Waals surface area (Å²) in [7, 11) is 0. The molecule has 0 bridgehead atoms. The Labute approximate surface area is 187 Å². The minimum Gasteiger partial charge on any atom is -0.484 e. The molecule has 1 N–H and O–H groups in total. The van der Waals surface area contributed by atoms with E-state index in [4.69, 9.17) is 4.74 Å². The third-order valence-electron chi connectivity index (χ3n) is 5.26. The van der Waals surface area contributed by atoms with Gasteiger partial charge in [0.15, 0.2) is 6.61 Å². The molecule has 0 saturated carbocycles. The van der Waals surface area contributed by atoms with Crippen LogP contribution in [0.4, 0.5) is 0 Å². The first-order valence-electron chi connectivity index (χ1n) is 10.3. The highest BCUT2D eigenvalue weighted by Gasteiger charge is 2.27. The molecule has 0 aliphatic carbocycles. The third-order valence-corrected chi connectivity index (χ3v) is 6.15. The number of hydrogen-bond acceptors (Lipinski definition) is 3. The Bertz CT molecular complexity index is 885. The van der Waals surface area contributed by atoms with Gasteiger partial charge in [-0.25, -0.2) is 0 Å². The summed E-state index contributed by atoms with van der Waals surface area (Å²) in [6.07, 6.45) is 0.830. The highest BCUT2D eigenvalue weighted by molar-refractivity contribution is 9.10. The Morgan fingerprint density at radius 1 is 1.10 bits per heavy atom. The number of amides is 2. The van der Waals surface area contributed by atoms with E-state index in [1.165, 1.54) is 0 Å². The molecule has 2 aromatic carbocycles. The molecule has 0 radical (unpaired) electrons. The average molecular weight is 475 g/mol. The van der Waals surface area contributed by atoms with Crippen LogP contribution in [-0.2, 0) is 16.1 Å². The first-order chi connectivity index (χ1) is 14.2. The standard InChI is InChI=1S/C24H31BrN2O3/c1-6-18(4)26-24(29)19(5)27(14-20-10-8-7-9-16(20)2)23(28)15-30-21-11-12-22(25)17(3)13-21/h7-13,18-19H,6,14-15H2,1-5H3,(H,26,29)/t18-,19+/m1/s1. The molecule has 30 heavy (non-hydrogen) atoms. The second kappa shape index (κ2) is 11.2. The van der Waals surface area contributed by atoms with Crippen LogP contribution in [0.25, 0.3) is 0 Å². The van der Waals surface area contributed by atoms with Crippen LogP contribution in [0.1, 0.15) is 43.9 Å². The van der Waals surface area contributed by atoms with Crippen molar-refractivity contribution < 1.29 is 14.3 Å². The molecule has 0 aliphatic heterocycles. The highest BCUT2D eigenvalue weighted by atomic mass is 79.9. The van der Waals surface area contributed by atoms with Crippen molar-refractivity contribution in [1.82, 2.24) is 10.2 Å². The molecule has 0 fully saturated rings. The normalized spacial score (nSPS) is 12.7. The van der Waals surface area contributed by atoms with E-state index in [0.29, 0.717) is 12.3 Å². The van der Waals surface area contributed by atoms with Gasteiger partial charge in [-0.2, -0.15) is 0 Å². The molecule has 0 saturated heterocycles. The van der Waals surface area contributed by atoms with Gasteiger partial charge in [0.2, 0.25) is 5.91 Å². The van der Waals surface area contributed by atoms with Crippen molar-refractivity contribution in [3.63, 3.8) is 0 Å². The van der Waals surface area contributed by atoms with Crippen molar-refractivity contribution in [2.45, 2.75) is 59.7 Å². The van der Waals surface area contributed by atoms with E-state index in [1.54, 1.807) is 11.8 Å². The predicted octanol–water partition coefficient (Wildman–Crippen LogP) is 4.78. The number of halogens is 1. The van der Waals surface area contributed by atoms with Crippen LogP contribution >= 0.6 is 15.9 Å². The van der Waals surface area contributed by atoms with E-state index in [0.717, 1.165) is 27.6 Å². The van der Waals surface area contributed by atoms with Crippen LogP contribution < -0.4 is 10.1 Å². The summed E-state index contributed by atoms with van der Waals surface area (Å²) >= 11 is 3.46. The van der Waals surface area contributed by atoms with Gasteiger partial charge >= 0.3 is 0 Å². The number of nitrogens with zero attached hydrogens (tertiary/aromatic N) is 1. The van der Waals surface area contributed by atoms with E-state index in [-0.39, 0.29) is 24.5 Å². The minimum absolute atomic E-state index is 0.0531. The Morgan fingerprint density at radius 3 is 2.43 bits per heavy atom. The van der Waals surface area contributed by atoms with Crippen LogP contribution in [0, 0.1) is 13.8 Å². The zero-order valence-corrected chi connectivity index (χ0v) is 20.0. The largest absolute Gasteiger partial charge is 0.484 e. The quantitative estimate of drug-likeness (QED) is 0.568. The number of carbonyl (C=O) groups is 2. The van der Waals surface area contributed by atoms with Gasteiger partial charge in [-0.3, -0.25) is 9.59 Å². The van der Waals surface area contributed by atoms with Gasteiger partial charge in [0, 0.05) is 17.1 Å². The summed E-state index contributed by atoms with van der Waals surface area (Å²) in [5, 5.41) is 2.97. The van der Waals surface area contributed by atoms with Gasteiger partial charge < -0.3 is 15.0 Å². The molecule has 2 atom stereocenters. The zero-order chi connectivity index (χ0) is 22.3. The average Bonchev–Trinajstić information content (AvgIpc) is 2.73. The fraction of sp³-hybridized carbons (Fsp3) is 0.417. The maximum Gasteiger partial charge on any atom is 0.261 e. The molecular formula is C24H31BrN2O3. The zero-order valence-electron chi connectivity index (χ0n) is 18.4. The lowest BCUT2D eigenvalue weighted by molar-refractivity contribution is -0.142. The SMILES string of the molecule is CC[C@@H](C)NC(=O)[C@H](C)N(Cc1ccccc1C)C(=O)COc1ccc(Br)c(C)c1. The Morgan fingerprint density at radius 2 is 1.80 bits per heavy atom. The molecule has 0 heterocycles. The van der Waals surface area contributed by atoms with Crippen molar-refractivity contribution in [3.05, 3.63) is 63.6 Å². The fourth-order valence-corrected chi connectivity index (χ4v) is 3.20. The lowest BCUT2D eigenvalue weighted by Crippen LogP contribution is -2.50. The van der Waals surface area contributed by atoms with Crippen LogP contribution in [0.3, 0.4) is 0 Å². The fourth-order valence-electron chi connectivity index (χ4n) is 2.95. The van der Waals surface area contributed by atoms with Gasteiger partial charge in [0.25, 0.3) is 5.91 Å². The Hall–Kier alpha value is -2.34. The topological polar surface area (TPSA) is 58.6 Å². The van der Waals surface area contributed by atoms with E-state index >= 15 is 0 Å². The van der Waals surface area contributed by atoms with Gasteiger partial charge in [0.05, 0.1) is 0 Å². The second-order valence-corrected chi connectivity index (χ2v) is 8.50. The summed E-state index contributed by atoms with van der Waals surface area (Å²) in [6, 6.07) is 12.9. The van der Waals surface area contributed by atoms with E-state index in [1.807, 2.05) is 70.2 Å². The third kappa shape index (κ3) is 6.59. The smallest absolute Gasteiger partial charge is 0.261 e. The minimum atomic E-state index is -0.610. The van der Waals surface area contributed by atoms with Crippen LogP contribution in [-0.4, -0.2) is 35.4 Å². The van der Waals surface area contributed by atoms with Gasteiger partial charge in [-0.15, -0.1) is 0 Å². The second-order valence-electron chi connectivity index (χ2n) is 7.64. The number of ether oxygens (including phenoxy) is 1. The lowest BCUT2D eigenvalue weighted by atomic mass is 10.1. The Balaban J connectivity index is 2.18. The van der Waals surface area contributed by atoms with Crippen LogP contribution in [0.5, 0.6) is 5.75 Å². The molecule has 2 rings (SSSR count). The van der Waals surface area contributed by atoms with E-state index in [9.17, 15) is 9.59 Å². The highest BCUT2D eigenvalue weighted by Crippen LogP contribution is 2.22. The van der Waals surface area contributed by atoms with Crippen LogP contribution in [0.2, 0.25) is 0 Å². The lowest BCUT2D eigenvalue weighted by Gasteiger charge is -2.30. The molecule has 0 unspecified atom stereocenters. The van der Waals surface area contributed by atoms with Crippen molar-refractivity contribution in [1.29, 1.82) is 0 Å². The Kier molecular flexibility index (Phi) is 8.90. The monoisotopic (exact) mass is 474 g/mol. The number of rotatable bonds is 9. The molecule has 5 nitrogen and oxygen atoms in total. The van der Waals surface area contributed by atoms with Gasteiger partial charge in [-0.1, -0.05) is 47.1 Å². The molecule has 0 spiro atoms. The number of hydrogen-bond donors (Lipinski definition) is 1. The summed E-state index contributed by atoms with van der Waals surface area (Å²) in [6.45, 7) is 9.92. The molecular weight excluding hydrogens is 444 g/mol. The van der Waals surface area contributed by atoms with Crippen molar-refractivity contribution >= 4 is 27.7 Å². The maximum atomic E-state index is 13.1. The summed E-state index contributed by atoms with van der Waals surface area (Å²) in [5.41, 5.74) is 3.11. The number of benzene rings is 2. The molecule has 162 valence electrons. The van der Waals surface area contributed by atoms with Crippen molar-refractivity contribution in [3.8, 4) is 5.75 Å². The van der Waals surface area contributed by atoms with Gasteiger partial charge in [-0.05, 0) is 69.0 Å². The number of nitrogens with one attached hydrogen (secondary N) is 1. The molecule has 2 amide bonds. The molecule has 6 heteroatoms. The molecule has 2 aromatic rings. The predicted molar refractivity (Wildman–Crippen MR) is 123 cm³/mol. The maximum absolute atomic E-state index is 13.1. The van der Waals surface area contributed by atoms with E-state index < -0.39 is 6.04 Å². The van der Waals surface area contributed by atoms with Crippen molar-refractivity contribution in [2.24, 2.45) is 0 Å². The van der Waals surface area contributed by atoms with Crippen LogP contribution in [0.15, 0.2) is 46.9 Å². The molecule has 0 aromatic heterocycles.